The molecule has 0 spiro atoms. The number of rotatable bonds is 6. The molecule has 1 aliphatic rings. The highest BCUT2D eigenvalue weighted by molar-refractivity contribution is 7.15. The molecule has 4 heterocycles. The zero-order valence-electron chi connectivity index (χ0n) is 17.7. The van der Waals surface area contributed by atoms with Crippen LogP contribution in [0.15, 0.2) is 55.0 Å². The van der Waals surface area contributed by atoms with E-state index in [1.807, 2.05) is 12.3 Å². The van der Waals surface area contributed by atoms with E-state index in [1.165, 1.54) is 23.3 Å². The predicted octanol–water partition coefficient (Wildman–Crippen LogP) is 4.99. The lowest BCUT2D eigenvalue weighted by molar-refractivity contribution is 0.176. The Labute approximate surface area is 186 Å². The van der Waals surface area contributed by atoms with E-state index >= 15 is 0 Å². The van der Waals surface area contributed by atoms with E-state index in [1.54, 1.807) is 23.7 Å². The number of hydrogen-bond acceptors (Lipinski definition) is 7. The van der Waals surface area contributed by atoms with Crippen LogP contribution < -0.4 is 5.32 Å². The van der Waals surface area contributed by atoms with Crippen LogP contribution >= 0.6 is 11.3 Å². The number of aromatic nitrogens is 4. The number of anilines is 2. The normalized spacial score (nSPS) is 15.4. The van der Waals surface area contributed by atoms with Crippen molar-refractivity contribution in [2.24, 2.45) is 5.92 Å². The van der Waals surface area contributed by atoms with Crippen molar-refractivity contribution in [3.05, 3.63) is 71.1 Å². The summed E-state index contributed by atoms with van der Waals surface area (Å²) in [6.45, 7) is 5.29. The molecule has 5 rings (SSSR count). The van der Waals surface area contributed by atoms with Crippen LogP contribution in [0, 0.1) is 12.8 Å². The minimum absolute atomic E-state index is 0.684. The van der Waals surface area contributed by atoms with E-state index in [9.17, 15) is 0 Å². The summed E-state index contributed by atoms with van der Waals surface area (Å²) in [5.41, 5.74) is 4.40. The molecule has 7 heteroatoms. The first kappa shape index (κ1) is 20.0. The molecule has 0 aliphatic carbocycles. The van der Waals surface area contributed by atoms with E-state index in [2.05, 4.69) is 62.4 Å². The van der Waals surface area contributed by atoms with Crippen LogP contribution in [0.2, 0.25) is 0 Å². The van der Waals surface area contributed by atoms with Crippen LogP contribution in [0.5, 0.6) is 0 Å². The average Bonchev–Trinajstić information content (AvgIpc) is 3.20. The van der Waals surface area contributed by atoms with Crippen molar-refractivity contribution in [3.8, 4) is 0 Å². The van der Waals surface area contributed by atoms with Gasteiger partial charge < -0.3 is 5.32 Å². The Morgan fingerprint density at radius 2 is 1.87 bits per heavy atom. The smallest absolute Gasteiger partial charge is 0.188 e. The molecule has 0 unspecified atom stereocenters. The highest BCUT2D eigenvalue weighted by Crippen LogP contribution is 2.25. The molecular formula is C24H26N6S. The van der Waals surface area contributed by atoms with Gasteiger partial charge in [-0.25, -0.2) is 9.97 Å². The first-order valence-electron chi connectivity index (χ1n) is 10.8. The predicted molar refractivity (Wildman–Crippen MR) is 126 cm³/mol. The molecular weight excluding hydrogens is 404 g/mol. The third-order valence-corrected chi connectivity index (χ3v) is 6.64. The summed E-state index contributed by atoms with van der Waals surface area (Å²) >= 11 is 1.65. The van der Waals surface area contributed by atoms with Gasteiger partial charge in [-0.1, -0.05) is 12.1 Å². The fourth-order valence-corrected chi connectivity index (χ4v) is 4.87. The van der Waals surface area contributed by atoms with Gasteiger partial charge in [-0.3, -0.25) is 14.9 Å². The zero-order chi connectivity index (χ0) is 21.0. The minimum atomic E-state index is 0.684. The Morgan fingerprint density at radius 1 is 1.03 bits per heavy atom. The average molecular weight is 431 g/mol. The highest BCUT2D eigenvalue weighted by Gasteiger charge is 2.20. The van der Waals surface area contributed by atoms with Crippen LogP contribution in [0.25, 0.3) is 11.0 Å². The molecule has 158 valence electrons. The number of nitrogens with one attached hydrogen (secondary N) is 1. The first-order chi connectivity index (χ1) is 15.2. The fourth-order valence-electron chi connectivity index (χ4n) is 4.19. The molecule has 6 nitrogen and oxygen atoms in total. The summed E-state index contributed by atoms with van der Waals surface area (Å²) in [6, 6.07) is 12.7. The Morgan fingerprint density at radius 3 is 2.68 bits per heavy atom. The van der Waals surface area contributed by atoms with Crippen LogP contribution in [0.3, 0.4) is 0 Å². The molecule has 4 aromatic rings. The van der Waals surface area contributed by atoms with E-state index in [0.29, 0.717) is 5.92 Å². The summed E-state index contributed by atoms with van der Waals surface area (Å²) in [6.07, 6.45) is 8.83. The van der Waals surface area contributed by atoms with Gasteiger partial charge in [-0.15, -0.1) is 11.3 Å². The maximum absolute atomic E-state index is 4.82. The van der Waals surface area contributed by atoms with Gasteiger partial charge in [0.05, 0.1) is 11.0 Å². The lowest BCUT2D eigenvalue weighted by Gasteiger charge is -2.32. The number of pyridine rings is 1. The topological polar surface area (TPSA) is 66.8 Å². The van der Waals surface area contributed by atoms with Crippen molar-refractivity contribution in [1.82, 2.24) is 24.8 Å². The standard InChI is InChI=1S/C24H26N6S/c1-17-15-27-24(31-17)29-23-4-2-3-20(28-23)13-18-7-11-30(12-8-18)16-19-5-6-21-22(14-19)26-10-9-25-21/h2-6,9-10,14-15,18H,7-8,11-13,16H2,1H3,(H,27,28,29). The second-order valence-electron chi connectivity index (χ2n) is 8.22. The quantitative estimate of drug-likeness (QED) is 0.465. The number of aryl methyl sites for hydroxylation is 1. The second-order valence-corrected chi connectivity index (χ2v) is 9.45. The molecule has 0 bridgehead atoms. The number of thiazole rings is 1. The Balaban J connectivity index is 1.15. The maximum atomic E-state index is 4.82. The lowest BCUT2D eigenvalue weighted by atomic mass is 9.91. The Kier molecular flexibility index (Phi) is 5.86. The van der Waals surface area contributed by atoms with Crippen molar-refractivity contribution in [2.75, 3.05) is 18.4 Å². The van der Waals surface area contributed by atoms with E-state index < -0.39 is 0 Å². The van der Waals surface area contributed by atoms with Crippen molar-refractivity contribution < 1.29 is 0 Å². The molecule has 3 aromatic heterocycles. The minimum Gasteiger partial charge on any atom is -0.316 e. The summed E-state index contributed by atoms with van der Waals surface area (Å²) in [7, 11) is 0. The van der Waals surface area contributed by atoms with Gasteiger partial charge in [0.2, 0.25) is 0 Å². The van der Waals surface area contributed by atoms with Crippen molar-refractivity contribution in [3.63, 3.8) is 0 Å². The number of likely N-dealkylation sites (tertiary alicyclic amines) is 1. The van der Waals surface area contributed by atoms with Crippen LogP contribution in [-0.4, -0.2) is 37.9 Å². The second kappa shape index (κ2) is 9.08. The molecule has 31 heavy (non-hydrogen) atoms. The van der Waals surface area contributed by atoms with Gasteiger partial charge in [0.1, 0.15) is 5.82 Å². The van der Waals surface area contributed by atoms with Gasteiger partial charge in [-0.2, -0.15) is 0 Å². The summed E-state index contributed by atoms with van der Waals surface area (Å²) in [5.74, 6) is 1.56. The number of benzene rings is 1. The lowest BCUT2D eigenvalue weighted by Crippen LogP contribution is -2.34. The highest BCUT2D eigenvalue weighted by atomic mass is 32.1. The zero-order valence-corrected chi connectivity index (χ0v) is 18.5. The first-order valence-corrected chi connectivity index (χ1v) is 11.6. The molecule has 0 amide bonds. The molecule has 1 aromatic carbocycles. The number of nitrogens with zero attached hydrogens (tertiary/aromatic N) is 5. The third kappa shape index (κ3) is 5.06. The van der Waals surface area contributed by atoms with Crippen LogP contribution in [-0.2, 0) is 13.0 Å². The number of fused-ring (bicyclic) bond motifs is 1. The van der Waals surface area contributed by atoms with Crippen molar-refractivity contribution >= 4 is 33.3 Å². The number of hydrogen-bond donors (Lipinski definition) is 1. The van der Waals surface area contributed by atoms with Crippen molar-refractivity contribution in [2.45, 2.75) is 32.7 Å². The summed E-state index contributed by atoms with van der Waals surface area (Å²) in [4.78, 5) is 21.7. The monoisotopic (exact) mass is 430 g/mol. The van der Waals surface area contributed by atoms with Crippen molar-refractivity contribution in [1.29, 1.82) is 0 Å². The SMILES string of the molecule is Cc1cnc(Nc2cccc(CC3CCN(Cc4ccc5nccnc5c4)CC3)n2)s1. The molecule has 1 fully saturated rings. The van der Waals surface area contributed by atoms with E-state index in [0.717, 1.165) is 53.7 Å². The third-order valence-electron chi connectivity index (χ3n) is 5.81. The molecule has 1 saturated heterocycles. The Hall–Kier alpha value is -2.90. The van der Waals surface area contributed by atoms with Gasteiger partial charge in [0.15, 0.2) is 5.13 Å². The van der Waals surface area contributed by atoms with Gasteiger partial charge in [0, 0.05) is 35.7 Å². The van der Waals surface area contributed by atoms with Gasteiger partial charge in [0.25, 0.3) is 0 Å². The molecule has 1 aliphatic heterocycles. The van der Waals surface area contributed by atoms with E-state index in [4.69, 9.17) is 4.98 Å². The van der Waals surface area contributed by atoms with E-state index in [-0.39, 0.29) is 0 Å². The van der Waals surface area contributed by atoms with Gasteiger partial charge >= 0.3 is 0 Å². The Bertz CT molecular complexity index is 1170. The molecule has 0 saturated carbocycles. The number of piperidine rings is 1. The van der Waals surface area contributed by atoms with Gasteiger partial charge in [-0.05, 0) is 75.0 Å². The van der Waals surface area contributed by atoms with Crippen LogP contribution in [0.4, 0.5) is 10.9 Å². The maximum Gasteiger partial charge on any atom is 0.188 e. The molecule has 1 N–H and O–H groups in total. The largest absolute Gasteiger partial charge is 0.316 e. The van der Waals surface area contributed by atoms with Crippen LogP contribution in [0.1, 0.15) is 29.0 Å². The summed E-state index contributed by atoms with van der Waals surface area (Å²) < 4.78 is 0. The molecule has 0 atom stereocenters. The summed E-state index contributed by atoms with van der Waals surface area (Å²) in [5, 5.41) is 4.23. The molecule has 0 radical (unpaired) electrons. The fraction of sp³-hybridized carbons (Fsp3) is 0.333.